The third-order valence-corrected chi connectivity index (χ3v) is 2.38. The molecule has 8 heteroatoms. The van der Waals surface area contributed by atoms with Crippen molar-refractivity contribution in [3.8, 4) is 0 Å². The van der Waals surface area contributed by atoms with E-state index in [4.69, 9.17) is 0 Å². The minimum absolute atomic E-state index is 0.158. The maximum atomic E-state index is 12.7. The highest BCUT2D eigenvalue weighted by atomic mass is 79.9. The molecular formula is C7H2BrF6N. The molecule has 0 amide bonds. The predicted molar refractivity (Wildman–Crippen MR) is 41.9 cm³/mol. The van der Waals surface area contributed by atoms with Crippen LogP contribution in [0.3, 0.4) is 0 Å². The Balaban J connectivity index is 3.42. The molecule has 0 N–H and O–H groups in total. The zero-order valence-corrected chi connectivity index (χ0v) is 8.33. The van der Waals surface area contributed by atoms with Crippen LogP contribution in [0.1, 0.15) is 17.6 Å². The molecular weight excluding hydrogens is 292 g/mol. The fraction of sp³-hybridized carbons (Fsp3) is 0.286. The summed E-state index contributed by atoms with van der Waals surface area (Å²) in [5, 5.41) is 0. The van der Waals surface area contributed by atoms with Crippen LogP contribution >= 0.6 is 15.9 Å². The Morgan fingerprint density at radius 2 is 1.80 bits per heavy atom. The molecule has 1 heterocycles. The van der Waals surface area contributed by atoms with Gasteiger partial charge in [0.2, 0.25) is 5.95 Å². The zero-order chi connectivity index (χ0) is 11.8. The molecule has 1 aromatic rings. The SMILES string of the molecule is Fc1ncc(C(F)(F)F)c(Br)c1C(F)F. The second-order valence-corrected chi connectivity index (χ2v) is 3.28. The molecule has 0 saturated heterocycles. The molecule has 0 bridgehead atoms. The first-order valence-electron chi connectivity index (χ1n) is 3.44. The molecule has 0 aliphatic carbocycles. The van der Waals surface area contributed by atoms with Crippen molar-refractivity contribution in [3.63, 3.8) is 0 Å². The molecule has 0 aliphatic rings. The van der Waals surface area contributed by atoms with Crippen LogP contribution in [0.2, 0.25) is 0 Å². The molecule has 84 valence electrons. The molecule has 0 radical (unpaired) electrons. The van der Waals surface area contributed by atoms with Crippen LogP contribution < -0.4 is 0 Å². The lowest BCUT2D eigenvalue weighted by Crippen LogP contribution is -2.10. The van der Waals surface area contributed by atoms with Gasteiger partial charge in [-0.1, -0.05) is 0 Å². The van der Waals surface area contributed by atoms with Gasteiger partial charge in [0.05, 0.1) is 11.1 Å². The van der Waals surface area contributed by atoms with E-state index in [-0.39, 0.29) is 6.20 Å². The molecule has 1 nitrogen and oxygen atoms in total. The molecule has 15 heavy (non-hydrogen) atoms. The van der Waals surface area contributed by atoms with Crippen molar-refractivity contribution in [3.05, 3.63) is 27.7 Å². The summed E-state index contributed by atoms with van der Waals surface area (Å²) in [6.07, 6.45) is -8.07. The molecule has 1 aromatic heterocycles. The number of aromatic nitrogens is 1. The summed E-state index contributed by atoms with van der Waals surface area (Å²) in [4.78, 5) is 2.63. The van der Waals surface area contributed by atoms with E-state index in [0.717, 1.165) is 0 Å². The Hall–Kier alpha value is -0.790. The number of halogens is 7. The van der Waals surface area contributed by atoms with E-state index in [0.29, 0.717) is 0 Å². The molecule has 0 saturated carbocycles. The van der Waals surface area contributed by atoms with Crippen molar-refractivity contribution >= 4 is 15.9 Å². The molecule has 1 rings (SSSR count). The minimum Gasteiger partial charge on any atom is -0.227 e. The Kier molecular flexibility index (Phi) is 3.27. The lowest BCUT2D eigenvalue weighted by molar-refractivity contribution is -0.138. The third-order valence-electron chi connectivity index (χ3n) is 1.53. The first kappa shape index (κ1) is 12.3. The van der Waals surface area contributed by atoms with Gasteiger partial charge in [-0.05, 0) is 15.9 Å². The first-order valence-corrected chi connectivity index (χ1v) is 4.23. The average Bonchev–Trinajstić information content (AvgIpc) is 2.00. The second kappa shape index (κ2) is 3.99. The molecule has 0 unspecified atom stereocenters. The lowest BCUT2D eigenvalue weighted by Gasteiger charge is -2.11. The summed E-state index contributed by atoms with van der Waals surface area (Å²) in [6.45, 7) is 0. The smallest absolute Gasteiger partial charge is 0.227 e. The van der Waals surface area contributed by atoms with Gasteiger partial charge in [-0.25, -0.2) is 13.8 Å². The number of pyridine rings is 1. The van der Waals surface area contributed by atoms with Crippen molar-refractivity contribution in [1.29, 1.82) is 0 Å². The van der Waals surface area contributed by atoms with E-state index in [2.05, 4.69) is 20.9 Å². The Morgan fingerprint density at radius 3 is 2.20 bits per heavy atom. The summed E-state index contributed by atoms with van der Waals surface area (Å²) in [5.41, 5.74) is -2.82. The number of alkyl halides is 5. The highest BCUT2D eigenvalue weighted by Gasteiger charge is 2.36. The number of nitrogens with zero attached hydrogens (tertiary/aromatic N) is 1. The van der Waals surface area contributed by atoms with Gasteiger partial charge < -0.3 is 0 Å². The molecule has 0 spiro atoms. The van der Waals surface area contributed by atoms with Gasteiger partial charge >= 0.3 is 6.18 Å². The van der Waals surface area contributed by atoms with Crippen LogP contribution in [0.25, 0.3) is 0 Å². The lowest BCUT2D eigenvalue weighted by atomic mass is 10.2. The molecule has 0 aromatic carbocycles. The van der Waals surface area contributed by atoms with Gasteiger partial charge in [-0.2, -0.15) is 17.6 Å². The predicted octanol–water partition coefficient (Wildman–Crippen LogP) is 3.94. The quantitative estimate of drug-likeness (QED) is 0.564. The monoisotopic (exact) mass is 293 g/mol. The van der Waals surface area contributed by atoms with Crippen LogP contribution in [-0.2, 0) is 6.18 Å². The van der Waals surface area contributed by atoms with Crippen LogP contribution in [0, 0.1) is 5.95 Å². The van der Waals surface area contributed by atoms with Gasteiger partial charge in [0, 0.05) is 10.7 Å². The number of rotatable bonds is 1. The molecule has 0 atom stereocenters. The topological polar surface area (TPSA) is 12.9 Å². The van der Waals surface area contributed by atoms with Gasteiger partial charge in [0.1, 0.15) is 0 Å². The second-order valence-electron chi connectivity index (χ2n) is 2.49. The van der Waals surface area contributed by atoms with E-state index >= 15 is 0 Å². The summed E-state index contributed by atoms with van der Waals surface area (Å²) < 4.78 is 72.6. The Labute approximate surface area is 88.2 Å². The fourth-order valence-electron chi connectivity index (χ4n) is 0.867. The van der Waals surface area contributed by atoms with E-state index < -0.39 is 34.1 Å². The maximum Gasteiger partial charge on any atom is 0.418 e. The van der Waals surface area contributed by atoms with Crippen LogP contribution in [0.15, 0.2) is 10.7 Å². The average molecular weight is 294 g/mol. The largest absolute Gasteiger partial charge is 0.418 e. The summed E-state index contributed by atoms with van der Waals surface area (Å²) in [7, 11) is 0. The van der Waals surface area contributed by atoms with Crippen molar-refractivity contribution in [2.24, 2.45) is 0 Å². The van der Waals surface area contributed by atoms with E-state index in [1.807, 2.05) is 0 Å². The van der Waals surface area contributed by atoms with Crippen LogP contribution in [0.5, 0.6) is 0 Å². The van der Waals surface area contributed by atoms with Gasteiger partial charge in [-0.15, -0.1) is 0 Å². The van der Waals surface area contributed by atoms with E-state index in [9.17, 15) is 26.3 Å². The maximum absolute atomic E-state index is 12.7. The molecule has 0 aliphatic heterocycles. The summed E-state index contributed by atoms with van der Waals surface area (Å²) in [5.74, 6) is -1.62. The van der Waals surface area contributed by atoms with Gasteiger partial charge in [0.25, 0.3) is 6.43 Å². The van der Waals surface area contributed by atoms with Crippen molar-refractivity contribution < 1.29 is 26.3 Å². The Morgan fingerprint density at radius 1 is 1.27 bits per heavy atom. The number of hydrogen-bond acceptors (Lipinski definition) is 1. The number of hydrogen-bond donors (Lipinski definition) is 0. The van der Waals surface area contributed by atoms with Crippen molar-refractivity contribution in [2.45, 2.75) is 12.6 Å². The molecule has 0 fully saturated rings. The van der Waals surface area contributed by atoms with E-state index in [1.54, 1.807) is 0 Å². The standard InChI is InChI=1S/C7H2BrF6N/c8-4-2(7(12,13)14)1-15-6(11)3(4)5(9)10/h1,5H. The third kappa shape index (κ3) is 2.42. The van der Waals surface area contributed by atoms with Gasteiger partial charge in [0.15, 0.2) is 0 Å². The zero-order valence-electron chi connectivity index (χ0n) is 6.75. The normalized spacial score (nSPS) is 12.3. The van der Waals surface area contributed by atoms with Crippen LogP contribution in [0.4, 0.5) is 26.3 Å². The minimum atomic E-state index is -4.86. The van der Waals surface area contributed by atoms with Crippen LogP contribution in [-0.4, -0.2) is 4.98 Å². The highest BCUT2D eigenvalue weighted by molar-refractivity contribution is 9.10. The summed E-state index contributed by atoms with van der Waals surface area (Å²) >= 11 is 2.29. The fourth-order valence-corrected chi connectivity index (χ4v) is 1.53. The Bertz CT molecular complexity index is 374. The van der Waals surface area contributed by atoms with E-state index in [1.165, 1.54) is 0 Å². The highest BCUT2D eigenvalue weighted by Crippen LogP contribution is 2.39. The van der Waals surface area contributed by atoms with Crippen molar-refractivity contribution in [2.75, 3.05) is 0 Å². The van der Waals surface area contributed by atoms with Gasteiger partial charge in [-0.3, -0.25) is 0 Å². The summed E-state index contributed by atoms with van der Waals surface area (Å²) in [6, 6.07) is 0. The van der Waals surface area contributed by atoms with Crippen molar-refractivity contribution in [1.82, 2.24) is 4.98 Å². The first-order chi connectivity index (χ1) is 6.75.